The summed E-state index contributed by atoms with van der Waals surface area (Å²) in [6, 6.07) is 12.7. The molecule has 0 aliphatic rings. The van der Waals surface area contributed by atoms with Gasteiger partial charge in [0, 0.05) is 23.3 Å². The number of benzene rings is 2. The highest BCUT2D eigenvalue weighted by molar-refractivity contribution is 6.31. The van der Waals surface area contributed by atoms with Gasteiger partial charge in [0.15, 0.2) is 0 Å². The molecular weight excluding hydrogens is 316 g/mol. The van der Waals surface area contributed by atoms with E-state index in [2.05, 4.69) is 5.32 Å². The number of hydrogen-bond donors (Lipinski definition) is 1. The maximum atomic E-state index is 11.7. The highest BCUT2D eigenvalue weighted by atomic mass is 35.5. The zero-order valence-electron chi connectivity index (χ0n) is 13.3. The summed E-state index contributed by atoms with van der Waals surface area (Å²) >= 11 is 6.24. The fourth-order valence-electron chi connectivity index (χ4n) is 1.82. The van der Waals surface area contributed by atoms with Gasteiger partial charge in [0.2, 0.25) is 0 Å². The van der Waals surface area contributed by atoms with Crippen LogP contribution in [0.4, 0.5) is 10.5 Å². The van der Waals surface area contributed by atoms with E-state index in [4.69, 9.17) is 21.2 Å². The molecule has 0 bridgehead atoms. The van der Waals surface area contributed by atoms with Gasteiger partial charge in [-0.1, -0.05) is 35.4 Å². The lowest BCUT2D eigenvalue weighted by atomic mass is 10.2. The summed E-state index contributed by atoms with van der Waals surface area (Å²) in [5.41, 5.74) is 2.60. The molecule has 0 fully saturated rings. The summed E-state index contributed by atoms with van der Waals surface area (Å²) in [5, 5.41) is 4.29. The molecule has 0 aliphatic carbocycles. The minimum atomic E-state index is -0.382. The molecule has 0 heterocycles. The van der Waals surface area contributed by atoms with Crippen LogP contribution >= 0.6 is 11.6 Å². The van der Waals surface area contributed by atoms with Crippen molar-refractivity contribution < 1.29 is 14.4 Å². The van der Waals surface area contributed by atoms with Crippen molar-refractivity contribution in [2.45, 2.75) is 13.5 Å². The molecule has 0 saturated carbocycles. The average molecular weight is 335 g/mol. The molecule has 2 aromatic carbocycles. The van der Waals surface area contributed by atoms with E-state index >= 15 is 0 Å². The van der Waals surface area contributed by atoms with Crippen molar-refractivity contribution >= 4 is 23.3 Å². The molecule has 0 aromatic heterocycles. The van der Waals surface area contributed by atoms with Crippen LogP contribution in [0.15, 0.2) is 42.5 Å². The Kier molecular flexibility index (Phi) is 5.84. The Morgan fingerprint density at radius 3 is 2.52 bits per heavy atom. The maximum Gasteiger partial charge on any atom is 0.345 e. The fraction of sp³-hybridized carbons (Fsp3) is 0.235. The minimum Gasteiger partial charge on any atom is -0.489 e. The van der Waals surface area contributed by atoms with Gasteiger partial charge in [-0.15, -0.1) is 0 Å². The summed E-state index contributed by atoms with van der Waals surface area (Å²) in [4.78, 5) is 16.5. The van der Waals surface area contributed by atoms with Crippen LogP contribution in [0, 0.1) is 6.92 Å². The number of aryl methyl sites for hydroxylation is 1. The van der Waals surface area contributed by atoms with Crippen molar-refractivity contribution in [2.24, 2.45) is 0 Å². The Labute approximate surface area is 140 Å². The third-order valence-electron chi connectivity index (χ3n) is 3.28. The van der Waals surface area contributed by atoms with E-state index in [1.165, 1.54) is 19.7 Å². The topological polar surface area (TPSA) is 50.8 Å². The number of ether oxygens (including phenoxy) is 1. The van der Waals surface area contributed by atoms with Crippen LogP contribution < -0.4 is 10.1 Å². The number of nitrogens with one attached hydrogen (secondary N) is 1. The van der Waals surface area contributed by atoms with E-state index in [9.17, 15) is 4.79 Å². The van der Waals surface area contributed by atoms with Crippen molar-refractivity contribution in [3.05, 3.63) is 58.6 Å². The van der Waals surface area contributed by atoms with Crippen molar-refractivity contribution in [2.75, 3.05) is 19.5 Å². The van der Waals surface area contributed by atoms with Gasteiger partial charge in [-0.3, -0.25) is 4.84 Å². The molecule has 0 spiro atoms. The van der Waals surface area contributed by atoms with Crippen LogP contribution in [0.1, 0.15) is 11.1 Å². The Hall–Kier alpha value is -2.24. The first-order valence-corrected chi connectivity index (χ1v) is 7.44. The minimum absolute atomic E-state index is 0.355. The van der Waals surface area contributed by atoms with Crippen molar-refractivity contribution in [3.8, 4) is 5.75 Å². The van der Waals surface area contributed by atoms with Crippen LogP contribution in [0.5, 0.6) is 5.75 Å². The lowest BCUT2D eigenvalue weighted by Crippen LogP contribution is -2.30. The number of halogens is 1. The Bertz CT molecular complexity index is 674. The molecular formula is C17H19ClN2O3. The molecule has 0 radical (unpaired) electrons. The highest BCUT2D eigenvalue weighted by Crippen LogP contribution is 2.23. The number of nitrogens with zero attached hydrogens (tertiary/aromatic N) is 1. The van der Waals surface area contributed by atoms with Gasteiger partial charge in [0.25, 0.3) is 0 Å². The average Bonchev–Trinajstić information content (AvgIpc) is 2.54. The van der Waals surface area contributed by atoms with Gasteiger partial charge in [-0.25, -0.2) is 9.86 Å². The molecule has 122 valence electrons. The first kappa shape index (κ1) is 17.1. The van der Waals surface area contributed by atoms with Crippen LogP contribution in [-0.4, -0.2) is 25.3 Å². The second-order valence-corrected chi connectivity index (χ2v) is 5.43. The standard InChI is InChI=1S/C17H19ClN2O3/c1-12-4-8-15(9-5-12)23-11-13-6-7-14(10-16(13)18)19-17(21)20(2)22-3/h4-10H,11H2,1-3H3,(H,19,21). The van der Waals surface area contributed by atoms with Gasteiger partial charge < -0.3 is 10.1 Å². The van der Waals surface area contributed by atoms with Crippen molar-refractivity contribution in [3.63, 3.8) is 0 Å². The monoisotopic (exact) mass is 334 g/mol. The second-order valence-electron chi connectivity index (χ2n) is 5.02. The third kappa shape index (κ3) is 4.87. The first-order valence-electron chi connectivity index (χ1n) is 7.06. The zero-order valence-corrected chi connectivity index (χ0v) is 14.1. The normalized spacial score (nSPS) is 10.3. The van der Waals surface area contributed by atoms with E-state index in [0.29, 0.717) is 17.3 Å². The highest BCUT2D eigenvalue weighted by Gasteiger charge is 2.09. The Balaban J connectivity index is 1.99. The lowest BCUT2D eigenvalue weighted by molar-refractivity contribution is -0.0598. The van der Waals surface area contributed by atoms with Crippen LogP contribution in [-0.2, 0) is 11.4 Å². The van der Waals surface area contributed by atoms with Gasteiger partial charge in [0.05, 0.1) is 7.11 Å². The summed E-state index contributed by atoms with van der Waals surface area (Å²) in [6.45, 7) is 2.38. The number of carbonyl (C=O) groups excluding carboxylic acids is 1. The molecule has 1 N–H and O–H groups in total. The third-order valence-corrected chi connectivity index (χ3v) is 3.63. The Morgan fingerprint density at radius 2 is 1.91 bits per heavy atom. The zero-order chi connectivity index (χ0) is 16.8. The van der Waals surface area contributed by atoms with Gasteiger partial charge >= 0.3 is 6.03 Å². The number of hydroxylamine groups is 2. The molecule has 0 aliphatic heterocycles. The van der Waals surface area contributed by atoms with Gasteiger partial charge in [-0.05, 0) is 31.2 Å². The summed E-state index contributed by atoms with van der Waals surface area (Å²) in [5.74, 6) is 0.783. The number of urea groups is 1. The SMILES string of the molecule is CON(C)C(=O)Nc1ccc(COc2ccc(C)cc2)c(Cl)c1. The van der Waals surface area contributed by atoms with E-state index in [-0.39, 0.29) is 6.03 Å². The summed E-state index contributed by atoms with van der Waals surface area (Å²) in [7, 11) is 2.93. The van der Waals surface area contributed by atoms with Crippen molar-refractivity contribution in [1.29, 1.82) is 0 Å². The second kappa shape index (κ2) is 7.85. The molecule has 0 atom stereocenters. The summed E-state index contributed by atoms with van der Waals surface area (Å²) < 4.78 is 5.70. The fourth-order valence-corrected chi connectivity index (χ4v) is 2.06. The predicted molar refractivity (Wildman–Crippen MR) is 90.8 cm³/mol. The van der Waals surface area contributed by atoms with Gasteiger partial charge in [0.1, 0.15) is 12.4 Å². The number of rotatable bonds is 5. The number of carbonyl (C=O) groups is 1. The van der Waals surface area contributed by atoms with E-state index < -0.39 is 0 Å². The Morgan fingerprint density at radius 1 is 1.22 bits per heavy atom. The quantitative estimate of drug-likeness (QED) is 0.831. The van der Waals surface area contributed by atoms with Crippen LogP contribution in [0.2, 0.25) is 5.02 Å². The molecule has 0 saturated heterocycles. The van der Waals surface area contributed by atoms with Crippen molar-refractivity contribution in [1.82, 2.24) is 5.06 Å². The van der Waals surface area contributed by atoms with E-state index in [1.54, 1.807) is 12.1 Å². The molecule has 23 heavy (non-hydrogen) atoms. The first-order chi connectivity index (χ1) is 11.0. The maximum absolute atomic E-state index is 11.7. The summed E-state index contributed by atoms with van der Waals surface area (Å²) in [6.07, 6.45) is 0. The molecule has 2 rings (SSSR count). The molecule has 5 nitrogen and oxygen atoms in total. The molecule has 2 aromatic rings. The van der Waals surface area contributed by atoms with Crippen LogP contribution in [0.3, 0.4) is 0 Å². The number of hydrogen-bond acceptors (Lipinski definition) is 3. The molecule has 0 unspecified atom stereocenters. The molecule has 2 amide bonds. The van der Waals surface area contributed by atoms with Gasteiger partial charge in [-0.2, -0.15) is 0 Å². The van der Waals surface area contributed by atoms with E-state index in [1.807, 2.05) is 37.3 Å². The smallest absolute Gasteiger partial charge is 0.345 e. The number of anilines is 1. The van der Waals surface area contributed by atoms with E-state index in [0.717, 1.165) is 16.4 Å². The lowest BCUT2D eigenvalue weighted by Gasteiger charge is -2.15. The largest absolute Gasteiger partial charge is 0.489 e. The number of amides is 2. The molecule has 6 heteroatoms. The predicted octanol–water partition coefficient (Wildman–Crippen LogP) is 4.25. The van der Waals surface area contributed by atoms with Crippen LogP contribution in [0.25, 0.3) is 0 Å².